The van der Waals surface area contributed by atoms with Gasteiger partial charge < -0.3 is 4.57 Å². The van der Waals surface area contributed by atoms with Crippen LogP contribution in [0.15, 0.2) is 211 Å². The Labute approximate surface area is 390 Å². The molecule has 0 N–H and O–H groups in total. The molecule has 2 heteroatoms. The molecule has 0 amide bonds. The van der Waals surface area contributed by atoms with Crippen molar-refractivity contribution < 1.29 is 0 Å². The third-order valence-electron chi connectivity index (χ3n) is 15.4. The zero-order valence-corrected chi connectivity index (χ0v) is 38.1. The average molecular weight is 853 g/mol. The summed E-state index contributed by atoms with van der Waals surface area (Å²) in [4.78, 5) is 6.06. The fourth-order valence-electron chi connectivity index (χ4n) is 12.4. The first kappa shape index (κ1) is 40.5. The lowest BCUT2D eigenvalue weighted by Gasteiger charge is -2.36. The normalized spacial score (nSPS) is 20.8. The Balaban J connectivity index is 1.03. The summed E-state index contributed by atoms with van der Waals surface area (Å²) in [5, 5.41) is 2.59. The standard InChI is InChI=1S/C64H56N2/c1-3-48-52(36-33-42(2)63(46-23-8-5-9-24-46)65-64(48)66-59-31-16-14-29-54(59)55-30-15-17-32-60(55)66)53-38-35-45-22-10-11-26-49(45)61-58(53)40-39-57-51-28-13-12-27-50(51)56(62(57)61)37-34-43-19-18-25-47(41-43)44-20-6-4-7-21-44/h4-32,36,39-42,48,53,56,64H,3,33-35,37-38H2,1-2H3/b52-36-,65-63?. The summed E-state index contributed by atoms with van der Waals surface area (Å²) in [5.74, 6) is 0.950. The van der Waals surface area contributed by atoms with Gasteiger partial charge in [0.05, 0.1) is 11.0 Å². The number of rotatable bonds is 8. The van der Waals surface area contributed by atoms with E-state index in [1.165, 1.54) is 94.3 Å². The number of aromatic nitrogens is 1. The largest absolute Gasteiger partial charge is 0.317 e. The molecule has 5 unspecified atom stereocenters. The van der Waals surface area contributed by atoms with E-state index in [9.17, 15) is 0 Å². The Kier molecular flexibility index (Phi) is 10.5. The zero-order valence-electron chi connectivity index (χ0n) is 38.1. The Morgan fingerprint density at radius 3 is 1.98 bits per heavy atom. The second-order valence-corrected chi connectivity index (χ2v) is 19.0. The van der Waals surface area contributed by atoms with Gasteiger partial charge in [-0.2, -0.15) is 0 Å². The molecule has 2 heterocycles. The monoisotopic (exact) mass is 852 g/mol. The summed E-state index contributed by atoms with van der Waals surface area (Å²) < 4.78 is 2.61. The second-order valence-electron chi connectivity index (χ2n) is 19.0. The highest BCUT2D eigenvalue weighted by molar-refractivity contribution is 6.08. The number of aryl methyl sites for hydroxylation is 2. The highest BCUT2D eigenvalue weighted by Gasteiger charge is 2.39. The van der Waals surface area contributed by atoms with E-state index in [0.29, 0.717) is 0 Å². The Bertz CT molecular complexity index is 3260. The van der Waals surface area contributed by atoms with Gasteiger partial charge in [-0.3, -0.25) is 4.99 Å². The van der Waals surface area contributed by atoms with Crippen LogP contribution in [0, 0.1) is 11.8 Å². The van der Waals surface area contributed by atoms with Gasteiger partial charge in [0.25, 0.3) is 0 Å². The SMILES string of the molecule is CCC1/C(C2CCc3ccccc3-c3c2ccc2c3C(CCc3cccc(-c4ccccc4)c3)c3ccccc3-2)=C/CC(C)C(c2ccccc2)=NC1n1c2ccccc2c2ccccc21. The summed E-state index contributed by atoms with van der Waals surface area (Å²) in [6.07, 6.45) is 8.68. The maximum atomic E-state index is 6.06. The summed E-state index contributed by atoms with van der Waals surface area (Å²) in [5.41, 5.74) is 22.2. The number of hydrogen-bond acceptors (Lipinski definition) is 1. The summed E-state index contributed by atoms with van der Waals surface area (Å²) in [7, 11) is 0. The predicted octanol–water partition coefficient (Wildman–Crippen LogP) is 16.6. The molecule has 2 nitrogen and oxygen atoms in total. The van der Waals surface area contributed by atoms with Gasteiger partial charge in [0.2, 0.25) is 0 Å². The molecule has 0 bridgehead atoms. The fourth-order valence-corrected chi connectivity index (χ4v) is 12.4. The molecular formula is C64H56N2. The summed E-state index contributed by atoms with van der Waals surface area (Å²) in [6.45, 7) is 4.81. The third-order valence-corrected chi connectivity index (χ3v) is 15.4. The lowest BCUT2D eigenvalue weighted by molar-refractivity contribution is 0.365. The molecule has 66 heavy (non-hydrogen) atoms. The third kappa shape index (κ3) is 6.89. The lowest BCUT2D eigenvalue weighted by Crippen LogP contribution is -2.27. The van der Waals surface area contributed by atoms with Crippen molar-refractivity contribution in [3.05, 3.63) is 239 Å². The zero-order chi connectivity index (χ0) is 44.1. The smallest absolute Gasteiger partial charge is 0.132 e. The molecule has 322 valence electrons. The molecule has 2 aliphatic carbocycles. The average Bonchev–Trinajstić information content (AvgIpc) is 3.82. The number of benzene rings is 8. The molecule has 0 fully saturated rings. The van der Waals surface area contributed by atoms with Gasteiger partial charge in [-0.25, -0.2) is 0 Å². The van der Waals surface area contributed by atoms with Crippen molar-refractivity contribution in [3.8, 4) is 33.4 Å². The van der Waals surface area contributed by atoms with Crippen molar-refractivity contribution in [1.82, 2.24) is 4.57 Å². The topological polar surface area (TPSA) is 17.3 Å². The maximum absolute atomic E-state index is 6.06. The number of aliphatic imine (C=N–C) groups is 1. The van der Waals surface area contributed by atoms with Crippen LogP contribution in [0.5, 0.6) is 0 Å². The van der Waals surface area contributed by atoms with Crippen molar-refractivity contribution in [2.24, 2.45) is 16.8 Å². The van der Waals surface area contributed by atoms with E-state index in [1.807, 2.05) is 0 Å². The van der Waals surface area contributed by atoms with Crippen LogP contribution in [0.2, 0.25) is 0 Å². The van der Waals surface area contributed by atoms with E-state index >= 15 is 0 Å². The minimum atomic E-state index is -0.129. The Hall–Kier alpha value is -7.03. The first-order chi connectivity index (χ1) is 32.6. The van der Waals surface area contributed by atoms with Gasteiger partial charge in [-0.15, -0.1) is 0 Å². The minimum absolute atomic E-state index is 0.129. The molecule has 0 saturated carbocycles. The first-order valence-electron chi connectivity index (χ1n) is 24.4. The summed E-state index contributed by atoms with van der Waals surface area (Å²) in [6, 6.07) is 72.8. The van der Waals surface area contributed by atoms with Crippen molar-refractivity contribution in [2.45, 2.75) is 70.4 Å². The maximum Gasteiger partial charge on any atom is 0.132 e. The van der Waals surface area contributed by atoms with Crippen LogP contribution < -0.4 is 0 Å². The van der Waals surface area contributed by atoms with Gasteiger partial charge in [0.15, 0.2) is 0 Å². The summed E-state index contributed by atoms with van der Waals surface area (Å²) >= 11 is 0. The van der Waals surface area contributed by atoms with E-state index < -0.39 is 0 Å². The lowest BCUT2D eigenvalue weighted by atomic mass is 9.74. The molecule has 0 saturated heterocycles. The van der Waals surface area contributed by atoms with Crippen LogP contribution in [-0.2, 0) is 12.8 Å². The van der Waals surface area contributed by atoms with E-state index in [2.05, 4.69) is 219 Å². The van der Waals surface area contributed by atoms with E-state index in [0.717, 1.165) is 38.5 Å². The van der Waals surface area contributed by atoms with E-state index in [4.69, 9.17) is 4.99 Å². The van der Waals surface area contributed by atoms with Crippen LogP contribution in [-0.4, -0.2) is 10.3 Å². The molecule has 1 aromatic heterocycles. The highest BCUT2D eigenvalue weighted by atomic mass is 15.1. The van der Waals surface area contributed by atoms with E-state index in [-0.39, 0.29) is 29.8 Å². The fraction of sp³-hybridized carbons (Fsp3) is 0.203. The Morgan fingerprint density at radius 2 is 1.23 bits per heavy atom. The van der Waals surface area contributed by atoms with Crippen LogP contribution in [0.25, 0.3) is 55.2 Å². The first-order valence-corrected chi connectivity index (χ1v) is 24.4. The van der Waals surface area contributed by atoms with Gasteiger partial charge in [0.1, 0.15) is 6.17 Å². The molecule has 3 aliphatic rings. The van der Waals surface area contributed by atoms with E-state index in [1.54, 1.807) is 5.57 Å². The van der Waals surface area contributed by atoms with Gasteiger partial charge in [0, 0.05) is 40.2 Å². The predicted molar refractivity (Wildman–Crippen MR) is 278 cm³/mol. The quantitative estimate of drug-likeness (QED) is 0.136. The van der Waals surface area contributed by atoms with Gasteiger partial charge in [-0.05, 0) is 117 Å². The highest BCUT2D eigenvalue weighted by Crippen LogP contribution is 2.56. The molecule has 0 radical (unpaired) electrons. The second kappa shape index (κ2) is 17.1. The van der Waals surface area contributed by atoms with Gasteiger partial charge >= 0.3 is 0 Å². The van der Waals surface area contributed by atoms with Crippen molar-refractivity contribution in [2.75, 3.05) is 0 Å². The molecule has 0 spiro atoms. The molecule has 9 aromatic rings. The molecule has 12 rings (SSSR count). The van der Waals surface area contributed by atoms with Crippen molar-refractivity contribution in [3.63, 3.8) is 0 Å². The number of nitrogens with zero attached hydrogens (tertiary/aromatic N) is 2. The molecule has 8 aromatic carbocycles. The van der Waals surface area contributed by atoms with Crippen molar-refractivity contribution >= 4 is 27.5 Å². The van der Waals surface area contributed by atoms with Gasteiger partial charge in [-0.1, -0.05) is 207 Å². The number of hydrogen-bond donors (Lipinski definition) is 0. The van der Waals surface area contributed by atoms with Crippen LogP contribution in [0.3, 0.4) is 0 Å². The number of fused-ring (bicyclic) bond motifs is 10. The van der Waals surface area contributed by atoms with Crippen LogP contribution in [0.1, 0.15) is 90.9 Å². The van der Waals surface area contributed by atoms with Crippen LogP contribution >= 0.6 is 0 Å². The number of para-hydroxylation sites is 2. The van der Waals surface area contributed by atoms with Crippen LogP contribution in [0.4, 0.5) is 0 Å². The number of allylic oxidation sites excluding steroid dienone is 1. The Morgan fingerprint density at radius 1 is 0.576 bits per heavy atom. The molecular weight excluding hydrogens is 797 g/mol. The molecule has 5 atom stereocenters. The van der Waals surface area contributed by atoms with Crippen molar-refractivity contribution in [1.29, 1.82) is 0 Å². The molecule has 1 aliphatic heterocycles. The minimum Gasteiger partial charge on any atom is -0.317 e.